The first-order chi connectivity index (χ1) is 12.6. The fourth-order valence-electron chi connectivity index (χ4n) is 3.05. The van der Waals surface area contributed by atoms with Gasteiger partial charge in [-0.05, 0) is 24.5 Å². The number of nitro groups is 1. The molecule has 0 saturated carbocycles. The summed E-state index contributed by atoms with van der Waals surface area (Å²) in [4.78, 5) is 37.1. The van der Waals surface area contributed by atoms with Gasteiger partial charge >= 0.3 is 5.97 Å². The Labute approximate surface area is 150 Å². The van der Waals surface area contributed by atoms with Crippen LogP contribution in [0.25, 0.3) is 0 Å². The third-order valence-corrected chi connectivity index (χ3v) is 4.34. The number of carbonyl (C=O) groups excluding carboxylic acids is 2. The highest BCUT2D eigenvalue weighted by atomic mass is 16.6. The standard InChI is InChI=1S/C19H18N2O5/c22-18(15-9-4-5-10-16(15)21(24)25)20-12-6-11-17(20)19(23)26-13-14-7-2-1-3-8-14/h1-5,7-10,17H,6,11-13H2/t17-/m0/s1. The van der Waals surface area contributed by atoms with Gasteiger partial charge in [0.1, 0.15) is 18.2 Å². The molecule has 134 valence electrons. The van der Waals surface area contributed by atoms with Crippen molar-refractivity contribution in [3.8, 4) is 0 Å². The number of rotatable bonds is 5. The first-order valence-corrected chi connectivity index (χ1v) is 8.33. The van der Waals surface area contributed by atoms with Gasteiger partial charge in [-0.15, -0.1) is 0 Å². The Morgan fingerprint density at radius 1 is 1.12 bits per heavy atom. The molecule has 2 aromatic carbocycles. The molecule has 1 saturated heterocycles. The van der Waals surface area contributed by atoms with Crippen molar-refractivity contribution >= 4 is 17.6 Å². The number of benzene rings is 2. The molecule has 1 heterocycles. The number of ether oxygens (including phenoxy) is 1. The Morgan fingerprint density at radius 2 is 1.81 bits per heavy atom. The van der Waals surface area contributed by atoms with Gasteiger partial charge in [0, 0.05) is 12.6 Å². The molecule has 2 aromatic rings. The van der Waals surface area contributed by atoms with E-state index in [9.17, 15) is 19.7 Å². The lowest BCUT2D eigenvalue weighted by atomic mass is 10.1. The van der Waals surface area contributed by atoms with Crippen LogP contribution in [0.2, 0.25) is 0 Å². The van der Waals surface area contributed by atoms with E-state index < -0.39 is 22.8 Å². The second-order valence-electron chi connectivity index (χ2n) is 6.02. The maximum atomic E-state index is 12.8. The summed E-state index contributed by atoms with van der Waals surface area (Å²) in [6, 6.07) is 14.3. The monoisotopic (exact) mass is 354 g/mol. The van der Waals surface area contributed by atoms with Gasteiger partial charge < -0.3 is 9.64 Å². The predicted molar refractivity (Wildman–Crippen MR) is 93.4 cm³/mol. The molecular weight excluding hydrogens is 336 g/mol. The second-order valence-corrected chi connectivity index (χ2v) is 6.02. The van der Waals surface area contributed by atoms with Crippen LogP contribution in [0.5, 0.6) is 0 Å². The molecule has 1 aliphatic rings. The molecule has 0 aromatic heterocycles. The minimum absolute atomic E-state index is 0.0136. The zero-order valence-electron chi connectivity index (χ0n) is 14.0. The summed E-state index contributed by atoms with van der Waals surface area (Å²) in [5.41, 5.74) is 0.580. The molecular formula is C19H18N2O5. The summed E-state index contributed by atoms with van der Waals surface area (Å²) in [5.74, 6) is -1.00. The number of amides is 1. The van der Waals surface area contributed by atoms with Crippen LogP contribution in [0, 0.1) is 10.1 Å². The molecule has 1 atom stereocenters. The minimum atomic E-state index is -0.717. The molecule has 0 radical (unpaired) electrons. The van der Waals surface area contributed by atoms with Gasteiger partial charge in [-0.2, -0.15) is 0 Å². The van der Waals surface area contributed by atoms with E-state index in [4.69, 9.17) is 4.74 Å². The summed E-state index contributed by atoms with van der Waals surface area (Å²) in [6.45, 7) is 0.500. The molecule has 26 heavy (non-hydrogen) atoms. The van der Waals surface area contributed by atoms with Crippen molar-refractivity contribution in [2.75, 3.05) is 6.54 Å². The van der Waals surface area contributed by atoms with Gasteiger partial charge in [-0.1, -0.05) is 42.5 Å². The Balaban J connectivity index is 1.72. The van der Waals surface area contributed by atoms with Crippen LogP contribution < -0.4 is 0 Å². The van der Waals surface area contributed by atoms with Gasteiger partial charge in [-0.3, -0.25) is 14.9 Å². The van der Waals surface area contributed by atoms with E-state index in [0.29, 0.717) is 19.4 Å². The Hall–Kier alpha value is -3.22. The molecule has 1 fully saturated rings. The Bertz CT molecular complexity index is 822. The van der Waals surface area contributed by atoms with Crippen molar-refractivity contribution in [3.05, 3.63) is 75.8 Å². The largest absolute Gasteiger partial charge is 0.459 e. The molecule has 7 nitrogen and oxygen atoms in total. The number of nitro benzene ring substituents is 1. The van der Waals surface area contributed by atoms with E-state index in [2.05, 4.69) is 0 Å². The number of likely N-dealkylation sites (tertiary alicyclic amines) is 1. The van der Waals surface area contributed by atoms with Gasteiger partial charge in [0.2, 0.25) is 0 Å². The smallest absolute Gasteiger partial charge is 0.329 e. The van der Waals surface area contributed by atoms with Crippen LogP contribution in [0.15, 0.2) is 54.6 Å². The van der Waals surface area contributed by atoms with Crippen molar-refractivity contribution in [3.63, 3.8) is 0 Å². The number of hydrogen-bond donors (Lipinski definition) is 0. The molecule has 3 rings (SSSR count). The van der Waals surface area contributed by atoms with Crippen LogP contribution in [-0.4, -0.2) is 34.3 Å². The van der Waals surface area contributed by atoms with Crippen LogP contribution in [0.1, 0.15) is 28.8 Å². The Kier molecular flexibility index (Phi) is 5.26. The molecule has 0 spiro atoms. The van der Waals surface area contributed by atoms with Crippen molar-refractivity contribution in [2.45, 2.75) is 25.5 Å². The average Bonchev–Trinajstić information content (AvgIpc) is 3.16. The number of nitrogens with zero attached hydrogens (tertiary/aromatic N) is 2. The van der Waals surface area contributed by atoms with E-state index in [1.165, 1.54) is 23.1 Å². The number of hydrogen-bond acceptors (Lipinski definition) is 5. The van der Waals surface area contributed by atoms with Crippen molar-refractivity contribution < 1.29 is 19.2 Å². The predicted octanol–water partition coefficient (Wildman–Crippen LogP) is 2.94. The van der Waals surface area contributed by atoms with Crippen molar-refractivity contribution in [1.29, 1.82) is 0 Å². The van der Waals surface area contributed by atoms with Crippen LogP contribution in [0.3, 0.4) is 0 Å². The number of carbonyl (C=O) groups is 2. The lowest BCUT2D eigenvalue weighted by molar-refractivity contribution is -0.385. The zero-order chi connectivity index (χ0) is 18.5. The maximum absolute atomic E-state index is 12.8. The molecule has 0 N–H and O–H groups in total. The van der Waals surface area contributed by atoms with Crippen molar-refractivity contribution in [1.82, 2.24) is 4.90 Å². The maximum Gasteiger partial charge on any atom is 0.329 e. The first-order valence-electron chi connectivity index (χ1n) is 8.33. The van der Waals surface area contributed by atoms with E-state index in [-0.39, 0.29) is 17.9 Å². The Morgan fingerprint density at radius 3 is 2.54 bits per heavy atom. The molecule has 0 bridgehead atoms. The molecule has 1 amide bonds. The van der Waals surface area contributed by atoms with Gasteiger partial charge in [-0.25, -0.2) is 4.79 Å². The van der Waals surface area contributed by atoms with E-state index in [0.717, 1.165) is 5.56 Å². The lowest BCUT2D eigenvalue weighted by Crippen LogP contribution is -2.41. The van der Waals surface area contributed by atoms with E-state index >= 15 is 0 Å². The normalized spacial score (nSPS) is 16.3. The highest BCUT2D eigenvalue weighted by molar-refractivity contribution is 6.00. The fraction of sp³-hybridized carbons (Fsp3) is 0.263. The molecule has 7 heteroatoms. The zero-order valence-corrected chi connectivity index (χ0v) is 14.0. The van der Waals surface area contributed by atoms with E-state index in [1.54, 1.807) is 6.07 Å². The topological polar surface area (TPSA) is 89.8 Å². The van der Waals surface area contributed by atoms with Crippen LogP contribution >= 0.6 is 0 Å². The average molecular weight is 354 g/mol. The molecule has 0 unspecified atom stereocenters. The SMILES string of the molecule is O=C(OCc1ccccc1)[C@@H]1CCCN1C(=O)c1ccccc1[N+](=O)[O-]. The minimum Gasteiger partial charge on any atom is -0.459 e. The third kappa shape index (κ3) is 3.72. The highest BCUT2D eigenvalue weighted by Gasteiger charge is 2.37. The lowest BCUT2D eigenvalue weighted by Gasteiger charge is -2.23. The summed E-state index contributed by atoms with van der Waals surface area (Å²) in [7, 11) is 0. The molecule has 0 aliphatic carbocycles. The highest BCUT2D eigenvalue weighted by Crippen LogP contribution is 2.25. The third-order valence-electron chi connectivity index (χ3n) is 4.34. The second kappa shape index (κ2) is 7.77. The van der Waals surface area contributed by atoms with Crippen molar-refractivity contribution in [2.24, 2.45) is 0 Å². The van der Waals surface area contributed by atoms with Crippen LogP contribution in [-0.2, 0) is 16.1 Å². The summed E-state index contributed by atoms with van der Waals surface area (Å²) < 4.78 is 5.34. The summed E-state index contributed by atoms with van der Waals surface area (Å²) in [5, 5.41) is 11.2. The van der Waals surface area contributed by atoms with Gasteiger partial charge in [0.05, 0.1) is 4.92 Å². The van der Waals surface area contributed by atoms with Crippen LogP contribution in [0.4, 0.5) is 5.69 Å². The fourth-order valence-corrected chi connectivity index (χ4v) is 3.05. The quantitative estimate of drug-likeness (QED) is 0.468. The van der Waals surface area contributed by atoms with Gasteiger partial charge in [0.15, 0.2) is 0 Å². The van der Waals surface area contributed by atoms with Gasteiger partial charge in [0.25, 0.3) is 11.6 Å². The molecule has 1 aliphatic heterocycles. The van der Waals surface area contributed by atoms with E-state index in [1.807, 2.05) is 30.3 Å². The first kappa shape index (κ1) is 17.6. The number of para-hydroxylation sites is 1. The summed E-state index contributed by atoms with van der Waals surface area (Å²) in [6.07, 6.45) is 1.14. The number of esters is 1. The summed E-state index contributed by atoms with van der Waals surface area (Å²) >= 11 is 0.